The van der Waals surface area contributed by atoms with E-state index in [0.29, 0.717) is 23.9 Å². The summed E-state index contributed by atoms with van der Waals surface area (Å²) in [6.07, 6.45) is 0.853. The van der Waals surface area contributed by atoms with Crippen molar-refractivity contribution >= 4 is 10.0 Å². The van der Waals surface area contributed by atoms with Crippen LogP contribution in [0.1, 0.15) is 25.8 Å². The molecule has 0 aromatic heterocycles. The maximum Gasteiger partial charge on any atom is 0.242 e. The summed E-state index contributed by atoms with van der Waals surface area (Å²) in [6.45, 7) is 5.04. The Morgan fingerprint density at radius 3 is 2.56 bits per heavy atom. The van der Waals surface area contributed by atoms with Gasteiger partial charge in [0.15, 0.2) is 0 Å². The van der Waals surface area contributed by atoms with Crippen molar-refractivity contribution in [2.75, 3.05) is 13.6 Å². The fourth-order valence-electron chi connectivity index (χ4n) is 1.57. The largest absolute Gasteiger partial charge is 0.326 e. The van der Waals surface area contributed by atoms with Crippen molar-refractivity contribution in [3.8, 4) is 0 Å². The Hall–Kier alpha value is -0.910. The first-order chi connectivity index (χ1) is 8.37. The molecule has 102 valence electrons. The Morgan fingerprint density at radius 1 is 1.33 bits per heavy atom. The van der Waals surface area contributed by atoms with Gasteiger partial charge in [0.05, 0.1) is 4.90 Å². The molecule has 0 saturated carbocycles. The molecule has 0 aliphatic rings. The van der Waals surface area contributed by atoms with Gasteiger partial charge in [0.1, 0.15) is 0 Å². The van der Waals surface area contributed by atoms with Crippen LogP contribution in [0.15, 0.2) is 29.2 Å². The molecule has 0 amide bonds. The topological polar surface area (TPSA) is 63.4 Å². The van der Waals surface area contributed by atoms with E-state index in [-0.39, 0.29) is 0 Å². The number of nitrogens with two attached hydrogens (primary N) is 1. The van der Waals surface area contributed by atoms with E-state index >= 15 is 0 Å². The molecule has 0 radical (unpaired) electrons. The van der Waals surface area contributed by atoms with Crippen LogP contribution < -0.4 is 5.73 Å². The van der Waals surface area contributed by atoms with Crippen LogP contribution >= 0.6 is 0 Å². The molecule has 18 heavy (non-hydrogen) atoms. The third-order valence-electron chi connectivity index (χ3n) is 2.86. The fraction of sp³-hybridized carbons (Fsp3) is 0.538. The minimum Gasteiger partial charge on any atom is -0.326 e. The first kappa shape index (κ1) is 15.1. The van der Waals surface area contributed by atoms with Gasteiger partial charge in [-0.15, -0.1) is 0 Å². The van der Waals surface area contributed by atoms with Gasteiger partial charge in [0, 0.05) is 20.1 Å². The summed E-state index contributed by atoms with van der Waals surface area (Å²) in [5, 5.41) is 0. The van der Waals surface area contributed by atoms with Crippen LogP contribution in [-0.4, -0.2) is 26.3 Å². The van der Waals surface area contributed by atoms with Crippen LogP contribution in [0, 0.1) is 5.92 Å². The summed E-state index contributed by atoms with van der Waals surface area (Å²) in [5.41, 5.74) is 6.36. The molecule has 0 spiro atoms. The predicted octanol–water partition coefficient (Wildman–Crippen LogP) is 1.81. The Kier molecular flexibility index (Phi) is 5.31. The van der Waals surface area contributed by atoms with Gasteiger partial charge in [-0.2, -0.15) is 0 Å². The lowest BCUT2D eigenvalue weighted by atomic mass is 10.1. The normalized spacial score (nSPS) is 12.3. The third-order valence-corrected chi connectivity index (χ3v) is 4.72. The summed E-state index contributed by atoms with van der Waals surface area (Å²) in [4.78, 5) is 0.316. The number of hydrogen-bond acceptors (Lipinski definition) is 3. The van der Waals surface area contributed by atoms with E-state index in [4.69, 9.17) is 5.73 Å². The molecule has 0 fully saturated rings. The fourth-order valence-corrected chi connectivity index (χ4v) is 2.83. The Bertz CT molecular complexity index is 484. The van der Waals surface area contributed by atoms with Gasteiger partial charge in [0.25, 0.3) is 0 Å². The van der Waals surface area contributed by atoms with Crippen molar-refractivity contribution in [1.82, 2.24) is 4.31 Å². The lowest BCUT2D eigenvalue weighted by Crippen LogP contribution is -2.28. The van der Waals surface area contributed by atoms with Crippen LogP contribution in [0.3, 0.4) is 0 Å². The average Bonchev–Trinajstić information content (AvgIpc) is 2.35. The number of benzene rings is 1. The zero-order chi connectivity index (χ0) is 13.8. The molecule has 0 saturated heterocycles. The molecule has 4 nitrogen and oxygen atoms in total. The van der Waals surface area contributed by atoms with Crippen molar-refractivity contribution in [3.63, 3.8) is 0 Å². The predicted molar refractivity (Wildman–Crippen MR) is 73.6 cm³/mol. The quantitative estimate of drug-likeness (QED) is 0.857. The minimum atomic E-state index is -3.39. The monoisotopic (exact) mass is 270 g/mol. The molecule has 1 aromatic carbocycles. The summed E-state index contributed by atoms with van der Waals surface area (Å²) >= 11 is 0. The number of hydrogen-bond donors (Lipinski definition) is 1. The zero-order valence-corrected chi connectivity index (χ0v) is 12.1. The minimum absolute atomic E-state index is 0.316. The zero-order valence-electron chi connectivity index (χ0n) is 11.3. The highest BCUT2D eigenvalue weighted by Crippen LogP contribution is 2.16. The van der Waals surface area contributed by atoms with Gasteiger partial charge in [-0.3, -0.25) is 0 Å². The number of rotatable bonds is 6. The van der Waals surface area contributed by atoms with Crippen LogP contribution in [0.25, 0.3) is 0 Å². The van der Waals surface area contributed by atoms with Crippen LogP contribution in [0.4, 0.5) is 0 Å². The number of sulfonamides is 1. The molecule has 0 aliphatic carbocycles. The Balaban J connectivity index is 2.91. The van der Waals surface area contributed by atoms with Gasteiger partial charge in [-0.25, -0.2) is 12.7 Å². The van der Waals surface area contributed by atoms with E-state index in [1.807, 2.05) is 6.07 Å². The first-order valence-corrected chi connectivity index (χ1v) is 7.57. The van der Waals surface area contributed by atoms with E-state index in [1.54, 1.807) is 25.2 Å². The molecule has 2 N–H and O–H groups in total. The molecule has 0 heterocycles. The SMILES string of the molecule is CC(C)CCN(C)S(=O)(=O)c1cccc(CN)c1. The van der Waals surface area contributed by atoms with Crippen LogP contribution in [0.2, 0.25) is 0 Å². The van der Waals surface area contributed by atoms with E-state index in [1.165, 1.54) is 4.31 Å². The highest BCUT2D eigenvalue weighted by Gasteiger charge is 2.20. The molecule has 0 aliphatic heterocycles. The van der Waals surface area contributed by atoms with Crippen molar-refractivity contribution in [2.45, 2.75) is 31.7 Å². The second-order valence-electron chi connectivity index (χ2n) is 4.86. The van der Waals surface area contributed by atoms with Crippen LogP contribution in [-0.2, 0) is 16.6 Å². The Labute approximate surface area is 110 Å². The summed E-state index contributed by atoms with van der Waals surface area (Å²) in [5.74, 6) is 0.484. The number of nitrogens with zero attached hydrogens (tertiary/aromatic N) is 1. The summed E-state index contributed by atoms with van der Waals surface area (Å²) < 4.78 is 26.0. The maximum atomic E-state index is 12.3. The molecule has 1 rings (SSSR count). The molecule has 0 bridgehead atoms. The van der Waals surface area contributed by atoms with Gasteiger partial charge in [-0.1, -0.05) is 26.0 Å². The summed E-state index contributed by atoms with van der Waals surface area (Å²) in [6, 6.07) is 6.81. The lowest BCUT2D eigenvalue weighted by Gasteiger charge is -2.18. The van der Waals surface area contributed by atoms with E-state index in [2.05, 4.69) is 13.8 Å². The van der Waals surface area contributed by atoms with Gasteiger partial charge < -0.3 is 5.73 Å². The van der Waals surface area contributed by atoms with Crippen molar-refractivity contribution in [3.05, 3.63) is 29.8 Å². The second kappa shape index (κ2) is 6.31. The van der Waals surface area contributed by atoms with E-state index < -0.39 is 10.0 Å². The molecular weight excluding hydrogens is 248 g/mol. The first-order valence-electron chi connectivity index (χ1n) is 6.13. The highest BCUT2D eigenvalue weighted by molar-refractivity contribution is 7.89. The smallest absolute Gasteiger partial charge is 0.242 e. The van der Waals surface area contributed by atoms with Crippen LogP contribution in [0.5, 0.6) is 0 Å². The van der Waals surface area contributed by atoms with Crippen molar-refractivity contribution in [1.29, 1.82) is 0 Å². The van der Waals surface area contributed by atoms with Crippen molar-refractivity contribution < 1.29 is 8.42 Å². The molecular formula is C13H22N2O2S. The summed E-state index contributed by atoms with van der Waals surface area (Å²) in [7, 11) is -1.77. The van der Waals surface area contributed by atoms with Crippen molar-refractivity contribution in [2.24, 2.45) is 11.7 Å². The second-order valence-corrected chi connectivity index (χ2v) is 6.91. The van der Waals surface area contributed by atoms with Gasteiger partial charge >= 0.3 is 0 Å². The Morgan fingerprint density at radius 2 is 2.00 bits per heavy atom. The molecule has 5 heteroatoms. The van der Waals surface area contributed by atoms with Gasteiger partial charge in [-0.05, 0) is 30.0 Å². The average molecular weight is 270 g/mol. The lowest BCUT2D eigenvalue weighted by molar-refractivity contribution is 0.428. The van der Waals surface area contributed by atoms with Gasteiger partial charge in [0.2, 0.25) is 10.0 Å². The molecule has 0 atom stereocenters. The maximum absolute atomic E-state index is 12.3. The van der Waals surface area contributed by atoms with E-state index in [9.17, 15) is 8.42 Å². The van der Waals surface area contributed by atoms with E-state index in [0.717, 1.165) is 12.0 Å². The highest BCUT2D eigenvalue weighted by atomic mass is 32.2. The molecule has 1 aromatic rings. The molecule has 0 unspecified atom stereocenters. The standard InChI is InChI=1S/C13H22N2O2S/c1-11(2)7-8-15(3)18(16,17)13-6-4-5-12(9-13)10-14/h4-6,9,11H,7-8,10,14H2,1-3H3. The third kappa shape index (κ3) is 3.80.